The van der Waals surface area contributed by atoms with Gasteiger partial charge >= 0.3 is 0 Å². The Morgan fingerprint density at radius 1 is 1.14 bits per heavy atom. The fraction of sp³-hybridized carbons (Fsp3) is 0.333. The van der Waals surface area contributed by atoms with Gasteiger partial charge in [-0.1, -0.05) is 19.9 Å². The van der Waals surface area contributed by atoms with E-state index in [9.17, 15) is 19.2 Å². The largest absolute Gasteiger partial charge is 0.398 e. The zero-order valence-electron chi connectivity index (χ0n) is 12.4. The van der Waals surface area contributed by atoms with Crippen LogP contribution in [0.2, 0.25) is 0 Å². The van der Waals surface area contributed by atoms with Gasteiger partial charge in [-0.05, 0) is 18.6 Å². The summed E-state index contributed by atoms with van der Waals surface area (Å²) in [6, 6.07) is 3.64. The molecule has 2 heterocycles. The average molecular weight is 303 g/mol. The molecule has 2 aliphatic rings. The molecule has 0 bridgehead atoms. The average Bonchev–Trinajstić information content (AvgIpc) is 2.75. The summed E-state index contributed by atoms with van der Waals surface area (Å²) in [6.45, 7) is 4.00. The van der Waals surface area contributed by atoms with Crippen molar-refractivity contribution in [1.82, 2.24) is 10.2 Å². The second kappa shape index (κ2) is 5.97. The number of imide groups is 2. The van der Waals surface area contributed by atoms with E-state index in [0.29, 0.717) is 0 Å². The third kappa shape index (κ3) is 2.34. The molecule has 116 valence electrons. The molecule has 0 aliphatic carbocycles. The Morgan fingerprint density at radius 3 is 2.41 bits per heavy atom. The van der Waals surface area contributed by atoms with Gasteiger partial charge in [0, 0.05) is 12.1 Å². The molecular formula is C15H17N3O4. The van der Waals surface area contributed by atoms with E-state index in [4.69, 9.17) is 5.73 Å². The number of benzene rings is 1. The third-order valence-electron chi connectivity index (χ3n) is 3.50. The fourth-order valence-corrected chi connectivity index (χ4v) is 2.54. The Morgan fingerprint density at radius 2 is 1.82 bits per heavy atom. The molecule has 0 unspecified atom stereocenters. The zero-order valence-corrected chi connectivity index (χ0v) is 12.4. The van der Waals surface area contributed by atoms with E-state index in [1.165, 1.54) is 12.1 Å². The number of carbonyl (C=O) groups excluding carboxylic acids is 4. The lowest BCUT2D eigenvalue weighted by atomic mass is 10.0. The maximum atomic E-state index is 12.3. The van der Waals surface area contributed by atoms with Gasteiger partial charge in [0.15, 0.2) is 0 Å². The minimum absolute atomic E-state index is 0.0965. The van der Waals surface area contributed by atoms with Gasteiger partial charge in [0.2, 0.25) is 11.8 Å². The van der Waals surface area contributed by atoms with Gasteiger partial charge in [0.05, 0.1) is 11.1 Å². The summed E-state index contributed by atoms with van der Waals surface area (Å²) >= 11 is 0. The van der Waals surface area contributed by atoms with Crippen molar-refractivity contribution in [3.63, 3.8) is 0 Å². The molecule has 1 aromatic carbocycles. The van der Waals surface area contributed by atoms with E-state index in [1.54, 1.807) is 6.07 Å². The molecule has 22 heavy (non-hydrogen) atoms. The van der Waals surface area contributed by atoms with E-state index in [1.807, 2.05) is 13.8 Å². The number of nitrogen functional groups attached to an aromatic ring is 1. The van der Waals surface area contributed by atoms with Crippen molar-refractivity contribution in [2.45, 2.75) is 32.7 Å². The van der Waals surface area contributed by atoms with Crippen LogP contribution in [0.15, 0.2) is 18.2 Å². The standard InChI is InChI=1S/C13H11N3O4.C2H6/c14-7-3-1-2-6-10(7)13(20)16(12(6)19)8-4-5-9(17)15-11(8)18;1-2/h1-3,8H,4-5,14H2,(H,15,17,18);1-2H3/t8-;/m0./s1. The number of fused-ring (bicyclic) bond motifs is 1. The van der Waals surface area contributed by atoms with E-state index < -0.39 is 29.7 Å². The highest BCUT2D eigenvalue weighted by Gasteiger charge is 2.45. The summed E-state index contributed by atoms with van der Waals surface area (Å²) < 4.78 is 0. The SMILES string of the molecule is CC.Nc1cccc2c1C(=O)N([C@H]1CCC(=O)NC1=O)C2=O. The predicted octanol–water partition coefficient (Wildman–Crippen LogP) is 0.696. The van der Waals surface area contributed by atoms with Crippen molar-refractivity contribution >= 4 is 29.3 Å². The molecule has 1 atom stereocenters. The first-order valence-electron chi connectivity index (χ1n) is 7.11. The molecule has 3 rings (SSSR count). The first kappa shape index (κ1) is 15.7. The van der Waals surface area contributed by atoms with Crippen molar-refractivity contribution in [2.24, 2.45) is 0 Å². The number of nitrogens with zero attached hydrogens (tertiary/aromatic N) is 1. The van der Waals surface area contributed by atoms with Crippen LogP contribution in [0.3, 0.4) is 0 Å². The van der Waals surface area contributed by atoms with Crippen molar-refractivity contribution in [3.8, 4) is 0 Å². The maximum absolute atomic E-state index is 12.3. The quantitative estimate of drug-likeness (QED) is 0.586. The lowest BCUT2D eigenvalue weighted by molar-refractivity contribution is -0.136. The number of rotatable bonds is 1. The van der Waals surface area contributed by atoms with Crippen LogP contribution in [0, 0.1) is 0 Å². The summed E-state index contributed by atoms with van der Waals surface area (Å²) in [5.41, 5.74) is 6.24. The van der Waals surface area contributed by atoms with Gasteiger partial charge in [0.1, 0.15) is 6.04 Å². The number of carbonyl (C=O) groups is 4. The van der Waals surface area contributed by atoms with Crippen LogP contribution >= 0.6 is 0 Å². The second-order valence-corrected chi connectivity index (χ2v) is 4.72. The zero-order chi connectivity index (χ0) is 16.4. The van der Waals surface area contributed by atoms with Gasteiger partial charge in [-0.25, -0.2) is 0 Å². The third-order valence-corrected chi connectivity index (χ3v) is 3.50. The molecule has 1 aromatic rings. The first-order chi connectivity index (χ1) is 10.5. The molecule has 0 radical (unpaired) electrons. The molecule has 1 fully saturated rings. The van der Waals surface area contributed by atoms with Crippen LogP contribution in [0.4, 0.5) is 5.69 Å². The summed E-state index contributed by atoms with van der Waals surface area (Å²) in [7, 11) is 0. The first-order valence-corrected chi connectivity index (χ1v) is 7.11. The molecule has 3 N–H and O–H groups in total. The Kier molecular flexibility index (Phi) is 4.25. The molecule has 7 heteroatoms. The van der Waals surface area contributed by atoms with E-state index in [0.717, 1.165) is 4.90 Å². The molecule has 0 saturated carbocycles. The van der Waals surface area contributed by atoms with Crippen LogP contribution in [-0.4, -0.2) is 34.6 Å². The van der Waals surface area contributed by atoms with E-state index in [2.05, 4.69) is 5.32 Å². The Labute approximate surface area is 127 Å². The smallest absolute Gasteiger partial charge is 0.264 e. The number of nitrogens with two attached hydrogens (primary N) is 1. The van der Waals surface area contributed by atoms with Crippen molar-refractivity contribution in [2.75, 3.05) is 5.73 Å². The van der Waals surface area contributed by atoms with Gasteiger partial charge in [-0.2, -0.15) is 0 Å². The van der Waals surface area contributed by atoms with E-state index in [-0.39, 0.29) is 29.7 Å². The minimum atomic E-state index is -0.959. The predicted molar refractivity (Wildman–Crippen MR) is 78.9 cm³/mol. The van der Waals surface area contributed by atoms with Crippen LogP contribution < -0.4 is 11.1 Å². The number of nitrogens with one attached hydrogen (secondary N) is 1. The summed E-state index contributed by atoms with van der Waals surface area (Å²) in [5, 5.41) is 2.13. The van der Waals surface area contributed by atoms with Crippen molar-refractivity contribution in [3.05, 3.63) is 29.3 Å². The summed E-state index contributed by atoms with van der Waals surface area (Å²) in [5.74, 6) is -2.17. The Hall–Kier alpha value is -2.70. The molecule has 2 aliphatic heterocycles. The Bertz CT molecular complexity index is 669. The monoisotopic (exact) mass is 303 g/mol. The minimum Gasteiger partial charge on any atom is -0.398 e. The van der Waals surface area contributed by atoms with Crippen LogP contribution in [0.25, 0.3) is 0 Å². The van der Waals surface area contributed by atoms with E-state index >= 15 is 0 Å². The highest BCUT2D eigenvalue weighted by Crippen LogP contribution is 2.30. The number of hydrogen-bond donors (Lipinski definition) is 2. The lowest BCUT2D eigenvalue weighted by Gasteiger charge is -2.27. The van der Waals surface area contributed by atoms with Crippen LogP contribution in [0.1, 0.15) is 47.4 Å². The van der Waals surface area contributed by atoms with Gasteiger partial charge in [-0.15, -0.1) is 0 Å². The van der Waals surface area contributed by atoms with Gasteiger partial charge in [0.25, 0.3) is 11.8 Å². The lowest BCUT2D eigenvalue weighted by Crippen LogP contribution is -2.54. The van der Waals surface area contributed by atoms with Gasteiger partial charge < -0.3 is 5.73 Å². The molecule has 1 saturated heterocycles. The number of anilines is 1. The number of hydrogen-bond acceptors (Lipinski definition) is 5. The summed E-state index contributed by atoms with van der Waals surface area (Å²) in [4.78, 5) is 48.4. The van der Waals surface area contributed by atoms with Crippen molar-refractivity contribution < 1.29 is 19.2 Å². The molecule has 0 spiro atoms. The van der Waals surface area contributed by atoms with Crippen molar-refractivity contribution in [1.29, 1.82) is 0 Å². The van der Waals surface area contributed by atoms with Crippen LogP contribution in [0.5, 0.6) is 0 Å². The molecule has 7 nitrogen and oxygen atoms in total. The number of piperidine rings is 1. The number of amides is 4. The Balaban J connectivity index is 0.000000847. The second-order valence-electron chi connectivity index (χ2n) is 4.72. The highest BCUT2D eigenvalue weighted by molar-refractivity contribution is 6.25. The molecular weight excluding hydrogens is 286 g/mol. The molecule has 0 aromatic heterocycles. The summed E-state index contributed by atoms with van der Waals surface area (Å²) in [6.07, 6.45) is 0.231. The highest BCUT2D eigenvalue weighted by atomic mass is 16.2. The van der Waals surface area contributed by atoms with Gasteiger partial charge in [-0.3, -0.25) is 29.4 Å². The normalized spacial score (nSPS) is 20.3. The maximum Gasteiger partial charge on any atom is 0.264 e. The van der Waals surface area contributed by atoms with Crippen LogP contribution in [-0.2, 0) is 9.59 Å². The fourth-order valence-electron chi connectivity index (χ4n) is 2.54. The topological polar surface area (TPSA) is 110 Å². The molecule has 4 amide bonds.